The lowest BCUT2D eigenvalue weighted by molar-refractivity contribution is -0.141. The molecule has 2 aromatic rings. The van der Waals surface area contributed by atoms with Gasteiger partial charge >= 0.3 is 5.97 Å². The number of aliphatic carboxylic acids is 1. The molecule has 0 aliphatic heterocycles. The molecule has 0 aliphatic rings. The summed E-state index contributed by atoms with van der Waals surface area (Å²) in [6.07, 6.45) is -0.138. The van der Waals surface area contributed by atoms with Crippen LogP contribution in [0.1, 0.15) is 30.5 Å². The smallest absolute Gasteiger partial charge is 0.321 e. The Balaban J connectivity index is 1.98. The molecule has 0 radical (unpaired) electrons. The summed E-state index contributed by atoms with van der Waals surface area (Å²) in [4.78, 5) is 23.6. The van der Waals surface area contributed by atoms with Gasteiger partial charge in [0.05, 0.1) is 6.42 Å². The number of amides is 1. The number of hydrogen-bond acceptors (Lipinski definition) is 3. The zero-order valence-corrected chi connectivity index (χ0v) is 13.8. The van der Waals surface area contributed by atoms with E-state index in [-0.39, 0.29) is 18.4 Å². The molecule has 0 fully saturated rings. The van der Waals surface area contributed by atoms with Crippen molar-refractivity contribution in [2.45, 2.75) is 32.4 Å². The third kappa shape index (κ3) is 5.21. The Morgan fingerprint density at radius 2 is 1.79 bits per heavy atom. The van der Waals surface area contributed by atoms with E-state index in [1.165, 1.54) is 0 Å². The summed E-state index contributed by atoms with van der Waals surface area (Å²) < 4.78 is 0. The van der Waals surface area contributed by atoms with Gasteiger partial charge in [0, 0.05) is 11.7 Å². The largest absolute Gasteiger partial charge is 0.480 e. The van der Waals surface area contributed by atoms with Gasteiger partial charge in [-0.2, -0.15) is 0 Å². The molecule has 2 unspecified atom stereocenters. The number of aryl methyl sites for hydroxylation is 1. The lowest BCUT2D eigenvalue weighted by Crippen LogP contribution is -2.41. The average Bonchev–Trinajstić information content (AvgIpc) is 2.54. The molecule has 0 aliphatic carbocycles. The molecule has 0 saturated carbocycles. The molecule has 0 bridgehead atoms. The van der Waals surface area contributed by atoms with Crippen LogP contribution in [0.5, 0.6) is 0 Å². The quantitative estimate of drug-likeness (QED) is 0.730. The summed E-state index contributed by atoms with van der Waals surface area (Å²) in [6.45, 7) is 3.81. The number of rotatable bonds is 7. The number of carboxylic acid groups (broad SMARTS) is 1. The summed E-state index contributed by atoms with van der Waals surface area (Å²) in [6, 6.07) is 15.8. The van der Waals surface area contributed by atoms with Gasteiger partial charge in [-0.15, -0.1) is 0 Å². The molecule has 0 heterocycles. The molecule has 0 aromatic heterocycles. The average molecular weight is 326 g/mol. The molecule has 0 saturated heterocycles. The van der Waals surface area contributed by atoms with Crippen molar-refractivity contribution in [2.24, 2.45) is 0 Å². The molecule has 2 rings (SSSR count). The number of carbonyl (C=O) groups is 2. The van der Waals surface area contributed by atoms with Crippen molar-refractivity contribution in [1.82, 2.24) is 5.32 Å². The maximum absolute atomic E-state index is 12.1. The van der Waals surface area contributed by atoms with Crippen LogP contribution < -0.4 is 10.6 Å². The van der Waals surface area contributed by atoms with Crippen LogP contribution in [-0.4, -0.2) is 23.0 Å². The van der Waals surface area contributed by atoms with Gasteiger partial charge in [0.15, 0.2) is 0 Å². The number of carbonyl (C=O) groups excluding carboxylic acids is 1. The Bertz CT molecular complexity index is 701. The summed E-state index contributed by atoms with van der Waals surface area (Å²) in [5, 5.41) is 15.1. The normalized spacial score (nSPS) is 13.1. The Hall–Kier alpha value is -2.66. The van der Waals surface area contributed by atoms with Gasteiger partial charge in [0.1, 0.15) is 6.04 Å². The number of carboxylic acids is 1. The molecule has 2 atom stereocenters. The highest BCUT2D eigenvalue weighted by atomic mass is 16.4. The molecule has 2 aromatic carbocycles. The first-order valence-corrected chi connectivity index (χ1v) is 7.86. The highest BCUT2D eigenvalue weighted by molar-refractivity contribution is 5.94. The van der Waals surface area contributed by atoms with Crippen LogP contribution in [0, 0.1) is 6.92 Å². The molecule has 5 heteroatoms. The summed E-state index contributed by atoms with van der Waals surface area (Å²) in [5.41, 5.74) is 2.67. The maximum atomic E-state index is 12.1. The van der Waals surface area contributed by atoms with Crippen molar-refractivity contribution in [3.8, 4) is 0 Å². The number of benzene rings is 2. The third-order valence-corrected chi connectivity index (χ3v) is 3.74. The fourth-order valence-electron chi connectivity index (χ4n) is 2.48. The molecular weight excluding hydrogens is 304 g/mol. The molecular formula is C19H22N2O3. The standard InChI is InChI=1S/C19H22N2O3/c1-13-7-6-10-16(11-13)21-18(22)12-17(19(23)24)20-14(2)15-8-4-3-5-9-15/h3-11,14,17,20H,12H2,1-2H3,(H,21,22)(H,23,24). The lowest BCUT2D eigenvalue weighted by Gasteiger charge is -2.20. The fraction of sp³-hybridized carbons (Fsp3) is 0.263. The van der Waals surface area contributed by atoms with E-state index < -0.39 is 12.0 Å². The predicted octanol–water partition coefficient (Wildman–Crippen LogP) is 3.13. The number of hydrogen-bond donors (Lipinski definition) is 3. The molecule has 24 heavy (non-hydrogen) atoms. The molecule has 1 amide bonds. The van der Waals surface area contributed by atoms with Crippen LogP contribution in [0.3, 0.4) is 0 Å². The van der Waals surface area contributed by atoms with E-state index in [9.17, 15) is 14.7 Å². The van der Waals surface area contributed by atoms with E-state index in [0.29, 0.717) is 5.69 Å². The Morgan fingerprint density at radius 3 is 2.42 bits per heavy atom. The first-order chi connectivity index (χ1) is 11.5. The van der Waals surface area contributed by atoms with Crippen molar-refractivity contribution < 1.29 is 14.7 Å². The second-order valence-corrected chi connectivity index (χ2v) is 5.81. The molecule has 3 N–H and O–H groups in total. The van der Waals surface area contributed by atoms with Crippen LogP contribution >= 0.6 is 0 Å². The Labute approximate surface area is 141 Å². The van der Waals surface area contributed by atoms with E-state index in [0.717, 1.165) is 11.1 Å². The zero-order valence-electron chi connectivity index (χ0n) is 13.8. The van der Waals surface area contributed by atoms with Gasteiger partial charge < -0.3 is 10.4 Å². The minimum absolute atomic E-state index is 0.138. The predicted molar refractivity (Wildman–Crippen MR) is 93.8 cm³/mol. The SMILES string of the molecule is Cc1cccc(NC(=O)CC(NC(C)c2ccccc2)C(=O)O)c1. The first kappa shape index (κ1) is 17.7. The highest BCUT2D eigenvalue weighted by Gasteiger charge is 2.23. The number of anilines is 1. The van der Waals surface area contributed by atoms with Crippen LogP contribution in [0.15, 0.2) is 54.6 Å². The monoisotopic (exact) mass is 326 g/mol. The second-order valence-electron chi connectivity index (χ2n) is 5.81. The molecule has 126 valence electrons. The summed E-state index contributed by atoms with van der Waals surface area (Å²) in [7, 11) is 0. The van der Waals surface area contributed by atoms with Gasteiger partial charge in [-0.3, -0.25) is 14.9 Å². The summed E-state index contributed by atoms with van der Waals surface area (Å²) >= 11 is 0. The van der Waals surface area contributed by atoms with Crippen LogP contribution in [0.25, 0.3) is 0 Å². The van der Waals surface area contributed by atoms with Crippen molar-refractivity contribution in [2.75, 3.05) is 5.32 Å². The Morgan fingerprint density at radius 1 is 1.08 bits per heavy atom. The van der Waals surface area contributed by atoms with Gasteiger partial charge in [0.2, 0.25) is 5.91 Å². The van der Waals surface area contributed by atoms with Crippen molar-refractivity contribution in [3.05, 3.63) is 65.7 Å². The van der Waals surface area contributed by atoms with Gasteiger partial charge in [-0.1, -0.05) is 42.5 Å². The van der Waals surface area contributed by atoms with Crippen molar-refractivity contribution in [1.29, 1.82) is 0 Å². The van der Waals surface area contributed by atoms with E-state index in [2.05, 4.69) is 10.6 Å². The summed E-state index contributed by atoms with van der Waals surface area (Å²) in [5.74, 6) is -1.38. The zero-order chi connectivity index (χ0) is 17.5. The topological polar surface area (TPSA) is 78.4 Å². The van der Waals surface area contributed by atoms with E-state index in [1.54, 1.807) is 6.07 Å². The fourth-order valence-corrected chi connectivity index (χ4v) is 2.48. The minimum Gasteiger partial charge on any atom is -0.480 e. The third-order valence-electron chi connectivity index (χ3n) is 3.74. The molecule has 0 spiro atoms. The Kier molecular flexibility index (Phi) is 6.09. The highest BCUT2D eigenvalue weighted by Crippen LogP contribution is 2.14. The number of nitrogens with one attached hydrogen (secondary N) is 2. The van der Waals surface area contributed by atoms with Crippen LogP contribution in [0.4, 0.5) is 5.69 Å². The lowest BCUT2D eigenvalue weighted by atomic mass is 10.1. The van der Waals surface area contributed by atoms with Crippen LogP contribution in [-0.2, 0) is 9.59 Å². The van der Waals surface area contributed by atoms with Gasteiger partial charge in [-0.05, 0) is 37.1 Å². The first-order valence-electron chi connectivity index (χ1n) is 7.86. The van der Waals surface area contributed by atoms with Crippen molar-refractivity contribution in [3.63, 3.8) is 0 Å². The second kappa shape index (κ2) is 8.26. The van der Waals surface area contributed by atoms with Crippen LogP contribution in [0.2, 0.25) is 0 Å². The van der Waals surface area contributed by atoms with E-state index in [4.69, 9.17) is 0 Å². The molecule has 5 nitrogen and oxygen atoms in total. The van der Waals surface area contributed by atoms with Gasteiger partial charge in [-0.25, -0.2) is 0 Å². The van der Waals surface area contributed by atoms with Crippen molar-refractivity contribution >= 4 is 17.6 Å². The maximum Gasteiger partial charge on any atom is 0.321 e. The van der Waals surface area contributed by atoms with E-state index in [1.807, 2.05) is 62.4 Å². The van der Waals surface area contributed by atoms with E-state index >= 15 is 0 Å². The van der Waals surface area contributed by atoms with Gasteiger partial charge in [0.25, 0.3) is 0 Å². The minimum atomic E-state index is -1.04.